The molecule has 1 N–H and O–H groups in total. The molecule has 1 saturated heterocycles. The maximum atomic E-state index is 12.3. The van der Waals surface area contributed by atoms with Crippen molar-refractivity contribution in [1.29, 1.82) is 0 Å². The Bertz CT molecular complexity index is 471. The Morgan fingerprint density at radius 1 is 1.45 bits per heavy atom. The number of carbonyl (C=O) groups excluding carboxylic acids is 1. The molecule has 0 spiro atoms. The summed E-state index contributed by atoms with van der Waals surface area (Å²) in [5, 5.41) is 3.17. The number of rotatable bonds is 2. The van der Waals surface area contributed by atoms with Crippen LogP contribution in [0.1, 0.15) is 40.0 Å². The zero-order valence-electron chi connectivity index (χ0n) is 13.0. The number of nitrogens with one attached hydrogen (secondary N) is 1. The predicted octanol–water partition coefficient (Wildman–Crippen LogP) is 3.01. The summed E-state index contributed by atoms with van der Waals surface area (Å²) in [5.41, 5.74) is 3.87. The monoisotopic (exact) mass is 274 g/mol. The molecule has 2 aliphatic rings. The molecule has 1 heterocycles. The van der Waals surface area contributed by atoms with E-state index >= 15 is 0 Å². The van der Waals surface area contributed by atoms with Crippen LogP contribution in [-0.4, -0.2) is 30.4 Å². The molecule has 1 amide bonds. The van der Waals surface area contributed by atoms with E-state index in [1.165, 1.54) is 24.0 Å². The summed E-state index contributed by atoms with van der Waals surface area (Å²) in [6.07, 6.45) is 7.39. The van der Waals surface area contributed by atoms with Crippen molar-refractivity contribution < 1.29 is 4.79 Å². The van der Waals surface area contributed by atoms with Crippen molar-refractivity contribution in [1.82, 2.24) is 10.2 Å². The maximum absolute atomic E-state index is 12.3. The van der Waals surface area contributed by atoms with Crippen molar-refractivity contribution in [2.75, 3.05) is 19.6 Å². The molecule has 0 aromatic rings. The number of hydrogen-bond donors (Lipinski definition) is 1. The van der Waals surface area contributed by atoms with Crippen LogP contribution in [0.25, 0.3) is 0 Å². The molecule has 0 aromatic carbocycles. The summed E-state index contributed by atoms with van der Waals surface area (Å²) < 4.78 is 0. The van der Waals surface area contributed by atoms with E-state index in [-0.39, 0.29) is 11.3 Å². The molecule has 1 fully saturated rings. The summed E-state index contributed by atoms with van der Waals surface area (Å²) in [6.45, 7) is 12.8. The highest BCUT2D eigenvalue weighted by atomic mass is 16.2. The molecule has 0 bridgehead atoms. The highest BCUT2D eigenvalue weighted by Gasteiger charge is 2.27. The van der Waals surface area contributed by atoms with E-state index in [4.69, 9.17) is 0 Å². The number of nitrogens with zero attached hydrogens (tertiary/aromatic N) is 1. The van der Waals surface area contributed by atoms with E-state index in [1.807, 2.05) is 11.0 Å². The molecular weight excluding hydrogens is 248 g/mol. The van der Waals surface area contributed by atoms with Gasteiger partial charge in [-0.25, -0.2) is 0 Å². The van der Waals surface area contributed by atoms with E-state index < -0.39 is 0 Å². The second kappa shape index (κ2) is 5.86. The van der Waals surface area contributed by atoms with Gasteiger partial charge in [0.25, 0.3) is 0 Å². The minimum Gasteiger partial charge on any atom is -0.386 e. The molecule has 0 unspecified atom stereocenters. The summed E-state index contributed by atoms with van der Waals surface area (Å²) >= 11 is 0. The van der Waals surface area contributed by atoms with E-state index in [9.17, 15) is 4.79 Å². The van der Waals surface area contributed by atoms with E-state index in [1.54, 1.807) is 6.08 Å². The first-order chi connectivity index (χ1) is 9.40. The Hall–Kier alpha value is -1.51. The van der Waals surface area contributed by atoms with Gasteiger partial charge in [0.05, 0.1) is 6.54 Å². The molecule has 110 valence electrons. The van der Waals surface area contributed by atoms with Crippen LogP contribution in [0.15, 0.2) is 35.6 Å². The van der Waals surface area contributed by atoms with Crippen LogP contribution in [0.5, 0.6) is 0 Å². The number of amides is 1. The smallest absolute Gasteiger partial charge is 0.246 e. The third kappa shape index (κ3) is 3.33. The largest absolute Gasteiger partial charge is 0.386 e. The fourth-order valence-corrected chi connectivity index (χ4v) is 3.19. The molecule has 0 atom stereocenters. The third-order valence-corrected chi connectivity index (χ3v) is 4.39. The third-order valence-electron chi connectivity index (χ3n) is 4.39. The van der Waals surface area contributed by atoms with E-state index in [0.717, 1.165) is 25.2 Å². The second-order valence-electron chi connectivity index (χ2n) is 6.55. The Morgan fingerprint density at radius 3 is 2.85 bits per heavy atom. The van der Waals surface area contributed by atoms with Crippen molar-refractivity contribution in [3.05, 3.63) is 35.6 Å². The quantitative estimate of drug-likeness (QED) is 0.785. The lowest BCUT2D eigenvalue weighted by Crippen LogP contribution is -2.44. The number of hydrogen-bond acceptors (Lipinski definition) is 2. The summed E-state index contributed by atoms with van der Waals surface area (Å²) in [5.74, 6) is 0.0920. The van der Waals surface area contributed by atoms with E-state index in [0.29, 0.717) is 6.54 Å². The first-order valence-corrected chi connectivity index (χ1v) is 7.49. The van der Waals surface area contributed by atoms with Crippen LogP contribution in [0.4, 0.5) is 0 Å². The Balaban J connectivity index is 2.08. The summed E-state index contributed by atoms with van der Waals surface area (Å²) in [7, 11) is 0. The van der Waals surface area contributed by atoms with Gasteiger partial charge in [0, 0.05) is 24.9 Å². The van der Waals surface area contributed by atoms with Gasteiger partial charge in [-0.2, -0.15) is 0 Å². The highest BCUT2D eigenvalue weighted by Crippen LogP contribution is 2.40. The van der Waals surface area contributed by atoms with Gasteiger partial charge in [-0.15, -0.1) is 0 Å². The second-order valence-corrected chi connectivity index (χ2v) is 6.55. The van der Waals surface area contributed by atoms with E-state index in [2.05, 4.69) is 32.7 Å². The van der Waals surface area contributed by atoms with Gasteiger partial charge in [0.2, 0.25) is 5.91 Å². The topological polar surface area (TPSA) is 32.3 Å². The number of piperazine rings is 1. The van der Waals surface area contributed by atoms with Crippen molar-refractivity contribution in [3.63, 3.8) is 0 Å². The molecule has 1 aliphatic carbocycles. The van der Waals surface area contributed by atoms with Gasteiger partial charge in [-0.05, 0) is 37.2 Å². The van der Waals surface area contributed by atoms with Gasteiger partial charge >= 0.3 is 0 Å². The molecule has 0 radical (unpaired) electrons. The molecule has 2 rings (SSSR count). The predicted molar refractivity (Wildman–Crippen MR) is 83.2 cm³/mol. The average molecular weight is 274 g/mol. The van der Waals surface area contributed by atoms with Gasteiger partial charge in [0.15, 0.2) is 0 Å². The minimum absolute atomic E-state index is 0.0920. The van der Waals surface area contributed by atoms with Crippen LogP contribution < -0.4 is 5.32 Å². The standard InChI is InChI=1S/C17H26N2O/c1-13-6-5-9-17(3,4)15(13)7-8-16(20)19-11-10-18-14(2)12-19/h7-8,18H,2,5-6,9-12H2,1,3-4H3/b8-7+. The maximum Gasteiger partial charge on any atom is 0.246 e. The van der Waals surface area contributed by atoms with Crippen LogP contribution in [0, 0.1) is 5.41 Å². The van der Waals surface area contributed by atoms with Gasteiger partial charge in [-0.3, -0.25) is 4.79 Å². The summed E-state index contributed by atoms with van der Waals surface area (Å²) in [4.78, 5) is 14.1. The SMILES string of the molecule is C=C1CN(C(=O)/C=C/C2=C(C)CCCC2(C)C)CCN1. The van der Waals surface area contributed by atoms with Gasteiger partial charge in [-0.1, -0.05) is 32.1 Å². The van der Waals surface area contributed by atoms with Crippen molar-refractivity contribution in [2.45, 2.75) is 40.0 Å². The van der Waals surface area contributed by atoms with Crippen LogP contribution >= 0.6 is 0 Å². The molecule has 20 heavy (non-hydrogen) atoms. The lowest BCUT2D eigenvalue weighted by molar-refractivity contribution is -0.126. The van der Waals surface area contributed by atoms with Crippen LogP contribution in [0.3, 0.4) is 0 Å². The van der Waals surface area contributed by atoms with Crippen molar-refractivity contribution in [3.8, 4) is 0 Å². The van der Waals surface area contributed by atoms with Crippen molar-refractivity contribution in [2.24, 2.45) is 5.41 Å². The fraction of sp³-hybridized carbons (Fsp3) is 0.588. The first kappa shape index (κ1) is 14.9. The van der Waals surface area contributed by atoms with Crippen LogP contribution in [-0.2, 0) is 4.79 Å². The minimum atomic E-state index is 0.0920. The first-order valence-electron chi connectivity index (χ1n) is 7.49. The molecule has 0 saturated carbocycles. The molecule has 3 nitrogen and oxygen atoms in total. The Kier molecular flexibility index (Phi) is 4.36. The Morgan fingerprint density at radius 2 is 2.20 bits per heavy atom. The zero-order chi connectivity index (χ0) is 14.8. The van der Waals surface area contributed by atoms with Crippen LogP contribution in [0.2, 0.25) is 0 Å². The number of carbonyl (C=O) groups is 1. The molecule has 1 aliphatic heterocycles. The van der Waals surface area contributed by atoms with Gasteiger partial charge < -0.3 is 10.2 Å². The summed E-state index contributed by atoms with van der Waals surface area (Å²) in [6, 6.07) is 0. The normalized spacial score (nSPS) is 23.1. The average Bonchev–Trinajstić information content (AvgIpc) is 2.37. The van der Waals surface area contributed by atoms with Crippen molar-refractivity contribution >= 4 is 5.91 Å². The highest BCUT2D eigenvalue weighted by molar-refractivity contribution is 5.88. The zero-order valence-corrected chi connectivity index (χ0v) is 13.0. The Labute approximate surface area is 122 Å². The number of allylic oxidation sites excluding steroid dienone is 3. The molecule has 0 aromatic heterocycles. The molecular formula is C17H26N2O. The lowest BCUT2D eigenvalue weighted by atomic mass is 9.72. The van der Waals surface area contributed by atoms with Gasteiger partial charge in [0.1, 0.15) is 0 Å². The fourth-order valence-electron chi connectivity index (χ4n) is 3.19. The lowest BCUT2D eigenvalue weighted by Gasteiger charge is -2.33. The molecule has 3 heteroatoms.